The lowest BCUT2D eigenvalue weighted by atomic mass is 9.76. The Kier molecular flexibility index (Phi) is 3.52. The molecule has 1 aromatic heterocycles. The van der Waals surface area contributed by atoms with Gasteiger partial charge in [0.15, 0.2) is 0 Å². The summed E-state index contributed by atoms with van der Waals surface area (Å²) in [6.45, 7) is 7.77. The molecule has 108 valence electrons. The van der Waals surface area contributed by atoms with Gasteiger partial charge in [0, 0.05) is 24.4 Å². The summed E-state index contributed by atoms with van der Waals surface area (Å²) in [6.07, 6.45) is 1.49. The molecule has 1 fully saturated rings. The van der Waals surface area contributed by atoms with E-state index < -0.39 is 18.3 Å². The third kappa shape index (κ3) is 2.27. The number of aromatic nitrogens is 1. The summed E-state index contributed by atoms with van der Waals surface area (Å²) in [7, 11) is 0.835. The van der Waals surface area contributed by atoms with Gasteiger partial charge in [0.2, 0.25) is 0 Å². The number of hydrogen-bond acceptors (Lipinski definition) is 5. The highest BCUT2D eigenvalue weighted by Gasteiger charge is 2.53. The molecule has 0 aliphatic carbocycles. The number of anilines is 1. The molecule has 0 aromatic carbocycles. The second-order valence-corrected chi connectivity index (χ2v) is 5.83. The molecule has 1 saturated heterocycles. The maximum atomic E-state index is 11.9. The van der Waals surface area contributed by atoms with Gasteiger partial charge in [0.05, 0.1) is 11.2 Å². The highest BCUT2D eigenvalue weighted by atomic mass is 16.7. The standard InChI is InChI=1S/C13H20BN3O3/c1-12(2)13(3,4)20-14(19-12)9-8(15)6-7-17-10(9)11(18)16-5/h6-7H,1-5H3,(H2,15,17)(H,16,18). The van der Waals surface area contributed by atoms with Crippen molar-refractivity contribution in [3.8, 4) is 0 Å². The molecule has 0 spiro atoms. The Bertz CT molecular complexity index is 530. The minimum absolute atomic E-state index is 0.228. The van der Waals surface area contributed by atoms with E-state index >= 15 is 0 Å². The third-order valence-electron chi connectivity index (χ3n) is 3.95. The van der Waals surface area contributed by atoms with Crippen molar-refractivity contribution in [2.24, 2.45) is 0 Å². The maximum Gasteiger partial charge on any atom is 0.499 e. The lowest BCUT2D eigenvalue weighted by Gasteiger charge is -2.32. The van der Waals surface area contributed by atoms with E-state index in [4.69, 9.17) is 15.0 Å². The van der Waals surface area contributed by atoms with Crippen LogP contribution in [0.1, 0.15) is 38.2 Å². The number of nitrogens with one attached hydrogen (secondary N) is 1. The Morgan fingerprint density at radius 1 is 1.30 bits per heavy atom. The fourth-order valence-corrected chi connectivity index (χ4v) is 2.00. The van der Waals surface area contributed by atoms with Crippen LogP contribution in [0.4, 0.5) is 5.69 Å². The quantitative estimate of drug-likeness (QED) is 0.760. The predicted octanol–water partition coefficient (Wildman–Crippen LogP) is 0.323. The SMILES string of the molecule is CNC(=O)c1nccc(N)c1B1OC(C)(C)C(C)(C)O1. The van der Waals surface area contributed by atoms with Gasteiger partial charge in [-0.3, -0.25) is 9.78 Å². The zero-order valence-electron chi connectivity index (χ0n) is 12.5. The van der Waals surface area contributed by atoms with Crippen molar-refractivity contribution in [1.29, 1.82) is 0 Å². The number of amides is 1. The lowest BCUT2D eigenvalue weighted by molar-refractivity contribution is 0.00578. The van der Waals surface area contributed by atoms with E-state index in [2.05, 4.69) is 10.3 Å². The Balaban J connectivity index is 2.47. The van der Waals surface area contributed by atoms with Crippen LogP contribution in [-0.4, -0.2) is 36.3 Å². The second-order valence-electron chi connectivity index (χ2n) is 5.83. The van der Waals surface area contributed by atoms with Crippen LogP contribution < -0.4 is 16.5 Å². The van der Waals surface area contributed by atoms with Crippen molar-refractivity contribution < 1.29 is 14.1 Å². The largest absolute Gasteiger partial charge is 0.499 e. The zero-order valence-corrected chi connectivity index (χ0v) is 12.5. The van der Waals surface area contributed by atoms with Gasteiger partial charge in [-0.05, 0) is 33.8 Å². The highest BCUT2D eigenvalue weighted by Crippen LogP contribution is 2.37. The molecule has 1 amide bonds. The Labute approximate surface area is 119 Å². The lowest BCUT2D eigenvalue weighted by Crippen LogP contribution is -2.42. The number of nitrogen functional groups attached to an aromatic ring is 1. The first-order valence-electron chi connectivity index (χ1n) is 6.51. The van der Waals surface area contributed by atoms with E-state index in [1.807, 2.05) is 27.7 Å². The summed E-state index contributed by atoms with van der Waals surface area (Å²) < 4.78 is 11.9. The van der Waals surface area contributed by atoms with Gasteiger partial charge in [-0.15, -0.1) is 0 Å². The van der Waals surface area contributed by atoms with Gasteiger partial charge in [0.25, 0.3) is 5.91 Å². The molecule has 1 aromatic rings. The van der Waals surface area contributed by atoms with Crippen molar-refractivity contribution in [1.82, 2.24) is 10.3 Å². The minimum Gasteiger partial charge on any atom is -0.399 e. The van der Waals surface area contributed by atoms with E-state index in [-0.39, 0.29) is 11.6 Å². The molecule has 2 heterocycles. The number of pyridine rings is 1. The minimum atomic E-state index is -0.707. The van der Waals surface area contributed by atoms with Gasteiger partial charge in [-0.25, -0.2) is 0 Å². The number of rotatable bonds is 2. The molecule has 2 rings (SSSR count). The predicted molar refractivity (Wildman–Crippen MR) is 77.8 cm³/mol. The average Bonchev–Trinajstić information content (AvgIpc) is 2.56. The molecule has 3 N–H and O–H groups in total. The van der Waals surface area contributed by atoms with E-state index in [1.165, 1.54) is 6.20 Å². The van der Waals surface area contributed by atoms with Crippen molar-refractivity contribution in [3.05, 3.63) is 18.0 Å². The number of hydrogen-bond donors (Lipinski definition) is 2. The summed E-state index contributed by atoms with van der Waals surface area (Å²) in [4.78, 5) is 16.0. The van der Waals surface area contributed by atoms with Crippen LogP contribution in [0, 0.1) is 0 Å². The van der Waals surface area contributed by atoms with Crippen molar-refractivity contribution in [3.63, 3.8) is 0 Å². The molecule has 0 unspecified atom stereocenters. The molecule has 20 heavy (non-hydrogen) atoms. The molecule has 1 aliphatic heterocycles. The van der Waals surface area contributed by atoms with Gasteiger partial charge in [-0.1, -0.05) is 0 Å². The summed E-state index contributed by atoms with van der Waals surface area (Å²) in [5, 5.41) is 2.55. The summed E-state index contributed by atoms with van der Waals surface area (Å²) >= 11 is 0. The van der Waals surface area contributed by atoms with Gasteiger partial charge in [0.1, 0.15) is 5.69 Å². The van der Waals surface area contributed by atoms with Crippen molar-refractivity contribution in [2.75, 3.05) is 12.8 Å². The number of nitrogens with two attached hydrogens (primary N) is 1. The van der Waals surface area contributed by atoms with E-state index in [0.29, 0.717) is 11.2 Å². The van der Waals surface area contributed by atoms with Crippen LogP contribution in [0.2, 0.25) is 0 Å². The van der Waals surface area contributed by atoms with Crippen molar-refractivity contribution >= 4 is 24.2 Å². The summed E-state index contributed by atoms with van der Waals surface area (Å²) in [6, 6.07) is 1.63. The van der Waals surface area contributed by atoms with Gasteiger partial charge in [-0.2, -0.15) is 0 Å². The van der Waals surface area contributed by atoms with Crippen LogP contribution >= 0.6 is 0 Å². The molecular formula is C13H20BN3O3. The monoisotopic (exact) mass is 277 g/mol. The summed E-state index contributed by atoms with van der Waals surface area (Å²) in [5.41, 5.74) is 6.12. The fourth-order valence-electron chi connectivity index (χ4n) is 2.00. The van der Waals surface area contributed by atoms with Gasteiger partial charge < -0.3 is 20.4 Å². The first-order valence-corrected chi connectivity index (χ1v) is 6.51. The van der Waals surface area contributed by atoms with Crippen molar-refractivity contribution in [2.45, 2.75) is 38.9 Å². The Morgan fingerprint density at radius 3 is 2.35 bits per heavy atom. The molecule has 0 atom stereocenters. The van der Waals surface area contributed by atoms with E-state index in [9.17, 15) is 4.79 Å². The maximum absolute atomic E-state index is 11.9. The zero-order chi connectivity index (χ0) is 15.1. The summed E-state index contributed by atoms with van der Waals surface area (Å²) in [5.74, 6) is -0.318. The molecule has 1 aliphatic rings. The first kappa shape index (κ1) is 14.8. The molecule has 7 heteroatoms. The highest BCUT2D eigenvalue weighted by molar-refractivity contribution is 6.65. The fraction of sp³-hybridized carbons (Fsp3) is 0.538. The topological polar surface area (TPSA) is 86.5 Å². The van der Waals surface area contributed by atoms with Gasteiger partial charge >= 0.3 is 7.12 Å². The Hall–Kier alpha value is -1.60. The van der Waals surface area contributed by atoms with Crippen LogP contribution in [-0.2, 0) is 9.31 Å². The molecular weight excluding hydrogens is 257 g/mol. The molecule has 0 radical (unpaired) electrons. The van der Waals surface area contributed by atoms with E-state index in [1.54, 1.807) is 13.1 Å². The number of nitrogens with zero attached hydrogens (tertiary/aromatic N) is 1. The molecule has 0 saturated carbocycles. The normalized spacial score (nSPS) is 19.9. The second kappa shape index (κ2) is 4.75. The van der Waals surface area contributed by atoms with Crippen LogP contribution in [0.15, 0.2) is 12.3 Å². The van der Waals surface area contributed by atoms with Crippen LogP contribution in [0.3, 0.4) is 0 Å². The smallest absolute Gasteiger partial charge is 0.399 e. The molecule has 0 bridgehead atoms. The Morgan fingerprint density at radius 2 is 1.85 bits per heavy atom. The van der Waals surface area contributed by atoms with E-state index in [0.717, 1.165) is 0 Å². The first-order chi connectivity index (χ1) is 9.19. The number of carbonyl (C=O) groups is 1. The van der Waals surface area contributed by atoms with Crippen LogP contribution in [0.25, 0.3) is 0 Å². The third-order valence-corrected chi connectivity index (χ3v) is 3.95. The average molecular weight is 277 g/mol. The number of carbonyl (C=O) groups excluding carboxylic acids is 1. The van der Waals surface area contributed by atoms with Crippen LogP contribution in [0.5, 0.6) is 0 Å². The molecule has 6 nitrogen and oxygen atoms in total.